The first kappa shape index (κ1) is 24.1. The zero-order valence-electron chi connectivity index (χ0n) is 17.0. The second-order valence-corrected chi connectivity index (χ2v) is 9.78. The van der Waals surface area contributed by atoms with Crippen molar-refractivity contribution in [1.82, 2.24) is 4.98 Å². The molecule has 0 saturated heterocycles. The molecule has 170 valence electrons. The Balaban J connectivity index is 1.99. The van der Waals surface area contributed by atoms with Crippen LogP contribution in [0.25, 0.3) is 0 Å². The van der Waals surface area contributed by atoms with E-state index in [4.69, 9.17) is 0 Å². The number of aliphatic hydroxyl groups excluding tert-OH is 1. The lowest BCUT2D eigenvalue weighted by Gasteiger charge is -2.26. The van der Waals surface area contributed by atoms with E-state index in [0.717, 1.165) is 4.90 Å². The summed E-state index contributed by atoms with van der Waals surface area (Å²) in [6.45, 7) is -0.325. The lowest BCUT2D eigenvalue weighted by Crippen LogP contribution is -2.37. The van der Waals surface area contributed by atoms with Crippen LogP contribution in [0.2, 0.25) is 0 Å². The van der Waals surface area contributed by atoms with Gasteiger partial charge in [-0.25, -0.2) is 8.42 Å². The van der Waals surface area contributed by atoms with Gasteiger partial charge in [0.05, 0.1) is 12.2 Å². The van der Waals surface area contributed by atoms with Crippen molar-refractivity contribution in [2.75, 3.05) is 16.3 Å². The molecule has 3 rings (SSSR count). The van der Waals surface area contributed by atoms with Crippen molar-refractivity contribution >= 4 is 27.5 Å². The molecule has 0 aliphatic carbocycles. The van der Waals surface area contributed by atoms with Crippen LogP contribution in [-0.2, 0) is 16.6 Å². The molecule has 0 spiro atoms. The van der Waals surface area contributed by atoms with E-state index in [9.17, 15) is 26.7 Å². The van der Waals surface area contributed by atoms with Gasteiger partial charge in [-0.2, -0.15) is 13.2 Å². The summed E-state index contributed by atoms with van der Waals surface area (Å²) in [5, 5.41) is 10.8. The summed E-state index contributed by atoms with van der Waals surface area (Å²) in [6.07, 6.45) is -1.18. The standard InChI is InChI=1S/C22H21F3N2O3S2/c1-31-20-9-7-17(8-10-20)21(28)18-5-2-6-19(12-18)27(14-16-4-3-11-26-13-16)32(29,30)15-22(23,24)25/h2-13,21,28H,14-15H2,1H3. The Hall–Kier alpha value is -2.56. The maximum Gasteiger partial charge on any atom is 0.404 e. The van der Waals surface area contributed by atoms with Gasteiger partial charge in [-0.05, 0) is 53.3 Å². The highest BCUT2D eigenvalue weighted by molar-refractivity contribution is 7.98. The number of sulfonamides is 1. The van der Waals surface area contributed by atoms with Crippen LogP contribution >= 0.6 is 11.8 Å². The largest absolute Gasteiger partial charge is 0.404 e. The van der Waals surface area contributed by atoms with Crippen LogP contribution in [0.1, 0.15) is 22.8 Å². The molecule has 0 saturated carbocycles. The van der Waals surface area contributed by atoms with E-state index in [1.807, 2.05) is 18.4 Å². The monoisotopic (exact) mass is 482 g/mol. The van der Waals surface area contributed by atoms with Crippen LogP contribution in [0.3, 0.4) is 0 Å². The first-order valence-corrected chi connectivity index (χ1v) is 12.3. The van der Waals surface area contributed by atoms with Gasteiger partial charge >= 0.3 is 6.18 Å². The van der Waals surface area contributed by atoms with E-state index >= 15 is 0 Å². The second kappa shape index (κ2) is 9.93. The van der Waals surface area contributed by atoms with Gasteiger partial charge in [-0.3, -0.25) is 9.29 Å². The van der Waals surface area contributed by atoms with Crippen LogP contribution in [-0.4, -0.2) is 36.7 Å². The van der Waals surface area contributed by atoms with E-state index in [-0.39, 0.29) is 12.2 Å². The van der Waals surface area contributed by atoms with Crippen molar-refractivity contribution in [1.29, 1.82) is 0 Å². The molecule has 0 aliphatic heterocycles. The normalized spacial score (nSPS) is 13.0. The maximum atomic E-state index is 13.0. The Morgan fingerprint density at radius 1 is 1.06 bits per heavy atom. The van der Waals surface area contributed by atoms with E-state index in [1.165, 1.54) is 30.6 Å². The Kier molecular flexibility index (Phi) is 7.47. The second-order valence-electron chi connectivity index (χ2n) is 7.01. The molecule has 0 amide bonds. The number of rotatable bonds is 8. The lowest BCUT2D eigenvalue weighted by atomic mass is 10.0. The minimum Gasteiger partial charge on any atom is -0.384 e. The van der Waals surface area contributed by atoms with Crippen molar-refractivity contribution < 1.29 is 26.7 Å². The van der Waals surface area contributed by atoms with Crippen molar-refractivity contribution in [3.05, 3.63) is 89.7 Å². The predicted molar refractivity (Wildman–Crippen MR) is 119 cm³/mol. The fraction of sp³-hybridized carbons (Fsp3) is 0.227. The van der Waals surface area contributed by atoms with Crippen molar-refractivity contribution in [3.63, 3.8) is 0 Å². The highest BCUT2D eigenvalue weighted by atomic mass is 32.2. The fourth-order valence-electron chi connectivity index (χ4n) is 3.12. The Labute approximate surface area is 189 Å². The molecule has 0 bridgehead atoms. The highest BCUT2D eigenvalue weighted by Gasteiger charge is 2.38. The van der Waals surface area contributed by atoms with Gasteiger partial charge in [0.25, 0.3) is 0 Å². The van der Waals surface area contributed by atoms with Crippen molar-refractivity contribution in [3.8, 4) is 0 Å². The summed E-state index contributed by atoms with van der Waals surface area (Å²) in [4.78, 5) is 4.91. The molecule has 2 aromatic carbocycles. The summed E-state index contributed by atoms with van der Waals surface area (Å²) >= 11 is 1.55. The SMILES string of the molecule is CSc1ccc(C(O)c2cccc(N(Cc3cccnc3)S(=O)(=O)CC(F)(F)F)c2)cc1. The fourth-order valence-corrected chi connectivity index (χ4v) is 4.88. The molecule has 10 heteroatoms. The number of thioether (sulfide) groups is 1. The molecule has 0 aliphatic rings. The van der Waals surface area contributed by atoms with Gasteiger partial charge < -0.3 is 5.11 Å². The number of alkyl halides is 3. The Bertz CT molecular complexity index is 1140. The maximum absolute atomic E-state index is 13.0. The number of nitrogens with zero attached hydrogens (tertiary/aromatic N) is 2. The van der Waals surface area contributed by atoms with Crippen LogP contribution in [0.4, 0.5) is 18.9 Å². The Morgan fingerprint density at radius 3 is 2.38 bits per heavy atom. The number of hydrogen-bond donors (Lipinski definition) is 1. The third-order valence-corrected chi connectivity index (χ3v) is 7.08. The van der Waals surface area contributed by atoms with Gasteiger partial charge in [-0.1, -0.05) is 30.3 Å². The summed E-state index contributed by atoms with van der Waals surface area (Å²) in [6, 6.07) is 16.2. The van der Waals surface area contributed by atoms with Crippen LogP contribution in [0, 0.1) is 0 Å². The number of aromatic nitrogens is 1. The number of pyridine rings is 1. The van der Waals surface area contributed by atoms with Crippen LogP contribution in [0.15, 0.2) is 78.0 Å². The van der Waals surface area contributed by atoms with E-state index in [1.54, 1.807) is 42.1 Å². The van der Waals surface area contributed by atoms with Crippen LogP contribution in [0.5, 0.6) is 0 Å². The summed E-state index contributed by atoms with van der Waals surface area (Å²) < 4.78 is 65.1. The van der Waals surface area contributed by atoms with E-state index in [2.05, 4.69) is 4.98 Å². The average Bonchev–Trinajstić information content (AvgIpc) is 2.76. The summed E-state index contributed by atoms with van der Waals surface area (Å²) in [7, 11) is -4.75. The van der Waals surface area contributed by atoms with Gasteiger partial charge in [0, 0.05) is 17.3 Å². The van der Waals surface area contributed by atoms with Gasteiger partial charge in [0.15, 0.2) is 5.75 Å². The van der Waals surface area contributed by atoms with Crippen molar-refractivity contribution in [2.45, 2.75) is 23.7 Å². The Morgan fingerprint density at radius 2 is 1.78 bits per heavy atom. The van der Waals surface area contributed by atoms with E-state index in [0.29, 0.717) is 21.0 Å². The molecule has 1 heterocycles. The number of anilines is 1. The molecule has 1 unspecified atom stereocenters. The number of hydrogen-bond acceptors (Lipinski definition) is 5. The van der Waals surface area contributed by atoms with Crippen molar-refractivity contribution in [2.24, 2.45) is 0 Å². The molecule has 3 aromatic rings. The topological polar surface area (TPSA) is 70.5 Å². The highest BCUT2D eigenvalue weighted by Crippen LogP contribution is 2.30. The smallest absolute Gasteiger partial charge is 0.384 e. The van der Waals surface area contributed by atoms with Gasteiger partial charge in [0.1, 0.15) is 6.10 Å². The van der Waals surface area contributed by atoms with E-state index < -0.39 is 28.1 Å². The first-order chi connectivity index (χ1) is 15.1. The lowest BCUT2D eigenvalue weighted by molar-refractivity contribution is -0.106. The molecular formula is C22H21F3N2O3S2. The van der Waals surface area contributed by atoms with Gasteiger partial charge in [-0.15, -0.1) is 11.8 Å². The molecule has 0 radical (unpaired) electrons. The molecule has 1 N–H and O–H groups in total. The minimum atomic E-state index is -4.90. The number of aliphatic hydroxyl groups is 1. The quantitative estimate of drug-likeness (QED) is 0.468. The van der Waals surface area contributed by atoms with Gasteiger partial charge in [0.2, 0.25) is 10.0 Å². The molecule has 32 heavy (non-hydrogen) atoms. The average molecular weight is 483 g/mol. The number of benzene rings is 2. The third kappa shape index (κ3) is 6.24. The molecule has 5 nitrogen and oxygen atoms in total. The zero-order valence-corrected chi connectivity index (χ0v) is 18.7. The predicted octanol–water partition coefficient (Wildman–Crippen LogP) is 4.78. The first-order valence-electron chi connectivity index (χ1n) is 9.47. The molecular weight excluding hydrogens is 461 g/mol. The molecule has 0 fully saturated rings. The molecule has 1 atom stereocenters. The molecule has 1 aromatic heterocycles. The zero-order chi connectivity index (χ0) is 23.4. The third-order valence-electron chi connectivity index (χ3n) is 4.64. The minimum absolute atomic E-state index is 0.0235. The van der Waals surface area contributed by atoms with Crippen LogP contribution < -0.4 is 4.31 Å². The summed E-state index contributed by atoms with van der Waals surface area (Å²) in [5.41, 5.74) is 1.39. The number of halogens is 3. The summed E-state index contributed by atoms with van der Waals surface area (Å²) in [5.74, 6) is -2.00.